The molecule has 39 heavy (non-hydrogen) atoms. The number of methoxy groups -OCH3 is 1. The van der Waals surface area contributed by atoms with Crippen molar-refractivity contribution in [3.05, 3.63) is 23.3 Å². The second-order valence-corrected chi connectivity index (χ2v) is 13.9. The minimum absolute atomic E-state index is 0.0353. The van der Waals surface area contributed by atoms with Crippen LogP contribution in [0.15, 0.2) is 23.3 Å². The summed E-state index contributed by atoms with van der Waals surface area (Å²) < 4.78 is 18.2. The molecule has 0 bridgehead atoms. The molecule has 0 aromatic carbocycles. The number of nitrogens with zero attached hydrogens (tertiary/aromatic N) is 1. The van der Waals surface area contributed by atoms with Gasteiger partial charge in [0.25, 0.3) is 0 Å². The average molecular weight is 542 g/mol. The van der Waals surface area contributed by atoms with Gasteiger partial charge in [0, 0.05) is 38.6 Å². The van der Waals surface area contributed by atoms with E-state index in [-0.39, 0.29) is 11.0 Å². The van der Waals surface area contributed by atoms with Gasteiger partial charge in [-0.05, 0) is 93.5 Å². The topological polar surface area (TPSA) is 48.0 Å². The Hall–Kier alpha value is -1.01. The molecule has 5 aliphatic rings. The summed E-state index contributed by atoms with van der Waals surface area (Å²) >= 11 is 0. The zero-order valence-electron chi connectivity index (χ0n) is 25.7. The molecule has 220 valence electrons. The Balaban J connectivity index is 1.28. The molecule has 2 aliphatic heterocycles. The van der Waals surface area contributed by atoms with E-state index in [1.54, 1.807) is 12.7 Å². The van der Waals surface area contributed by atoms with Crippen molar-refractivity contribution in [2.75, 3.05) is 40.0 Å². The molecule has 3 aliphatic carbocycles. The summed E-state index contributed by atoms with van der Waals surface area (Å²) in [5, 5.41) is 0. The van der Waals surface area contributed by atoms with Gasteiger partial charge in [-0.3, -0.25) is 9.69 Å². The van der Waals surface area contributed by atoms with Crippen molar-refractivity contribution >= 4 is 5.78 Å². The van der Waals surface area contributed by atoms with Crippen molar-refractivity contribution < 1.29 is 19.0 Å². The molecule has 0 N–H and O–H groups in total. The molecule has 0 spiro atoms. The first-order chi connectivity index (χ1) is 18.8. The summed E-state index contributed by atoms with van der Waals surface area (Å²) in [5.41, 5.74) is 3.32. The van der Waals surface area contributed by atoms with E-state index >= 15 is 0 Å². The Labute approximate surface area is 238 Å². The molecule has 0 aromatic rings. The first-order valence-electron chi connectivity index (χ1n) is 16.1. The number of carbonyl (C=O) groups is 1. The van der Waals surface area contributed by atoms with Gasteiger partial charge >= 0.3 is 0 Å². The molecular weight excluding hydrogens is 486 g/mol. The van der Waals surface area contributed by atoms with Crippen LogP contribution in [0.3, 0.4) is 0 Å². The molecule has 9 atom stereocenters. The van der Waals surface area contributed by atoms with Crippen LogP contribution in [0.2, 0.25) is 0 Å². The SMILES string of the molecule is C/C=C1\C[C@H]2C(CCC3=CC(=O)CCC32C)[C@@H]1CCC1(CC)O[C@@H]2CC(C)CN(CCOCCOC)[C@H]2[C@H]1C. The maximum absolute atomic E-state index is 12.2. The number of rotatable bonds is 10. The van der Waals surface area contributed by atoms with Gasteiger partial charge in [-0.15, -0.1) is 0 Å². The number of ketones is 1. The molecule has 2 saturated carbocycles. The minimum Gasteiger partial charge on any atom is -0.382 e. The lowest BCUT2D eigenvalue weighted by atomic mass is 9.56. The summed E-state index contributed by atoms with van der Waals surface area (Å²) in [7, 11) is 1.73. The number of allylic oxidation sites excluding steroid dienone is 4. The highest BCUT2D eigenvalue weighted by atomic mass is 16.5. The second-order valence-electron chi connectivity index (χ2n) is 13.9. The predicted octanol–water partition coefficient (Wildman–Crippen LogP) is 6.61. The van der Waals surface area contributed by atoms with E-state index in [0.717, 1.165) is 57.7 Å². The van der Waals surface area contributed by atoms with Crippen LogP contribution < -0.4 is 0 Å². The van der Waals surface area contributed by atoms with Gasteiger partial charge in [-0.1, -0.05) is 44.9 Å². The van der Waals surface area contributed by atoms with Crippen molar-refractivity contribution in [1.82, 2.24) is 4.90 Å². The average Bonchev–Trinajstić information content (AvgIpc) is 3.43. The molecule has 5 rings (SSSR count). The summed E-state index contributed by atoms with van der Waals surface area (Å²) in [4.78, 5) is 14.9. The smallest absolute Gasteiger partial charge is 0.155 e. The van der Waals surface area contributed by atoms with Crippen LogP contribution in [-0.2, 0) is 19.0 Å². The molecule has 4 unspecified atom stereocenters. The zero-order valence-corrected chi connectivity index (χ0v) is 25.7. The standard InChI is InChI=1S/C34H55NO4/c1-7-25-20-30-29(10-9-26-21-27(36)11-13-33(26,30)5)28(25)12-14-34(8-2)24(4)32-31(39-34)19-23(3)22-35(32)15-16-38-18-17-37-6/h7,21,23-24,28-32H,8-20,22H2,1-6H3/b25-7+/t23?,24-,28-,29?,30+,31-,32+,33?,34?/m1/s1. The maximum Gasteiger partial charge on any atom is 0.155 e. The van der Waals surface area contributed by atoms with Crippen molar-refractivity contribution in [3.63, 3.8) is 0 Å². The van der Waals surface area contributed by atoms with E-state index in [1.165, 1.54) is 31.3 Å². The van der Waals surface area contributed by atoms with Crippen LogP contribution in [0.25, 0.3) is 0 Å². The van der Waals surface area contributed by atoms with Crippen molar-refractivity contribution in [2.24, 2.45) is 35.0 Å². The Morgan fingerprint density at radius 1 is 1.21 bits per heavy atom. The molecule has 4 fully saturated rings. The molecule has 2 saturated heterocycles. The minimum atomic E-state index is -0.0353. The fourth-order valence-corrected chi connectivity index (χ4v) is 9.80. The highest BCUT2D eigenvalue weighted by Gasteiger charge is 2.57. The van der Waals surface area contributed by atoms with E-state index in [2.05, 4.69) is 45.6 Å². The molecule has 5 nitrogen and oxygen atoms in total. The zero-order chi connectivity index (χ0) is 27.8. The summed E-state index contributed by atoms with van der Waals surface area (Å²) in [6.45, 7) is 16.2. The highest BCUT2D eigenvalue weighted by molar-refractivity contribution is 5.91. The third kappa shape index (κ3) is 5.47. The van der Waals surface area contributed by atoms with Gasteiger partial charge in [0.2, 0.25) is 0 Å². The largest absolute Gasteiger partial charge is 0.382 e. The van der Waals surface area contributed by atoms with Gasteiger partial charge in [-0.25, -0.2) is 0 Å². The van der Waals surface area contributed by atoms with Gasteiger partial charge in [0.05, 0.1) is 31.5 Å². The van der Waals surface area contributed by atoms with Crippen molar-refractivity contribution in [3.8, 4) is 0 Å². The first kappa shape index (κ1) is 29.5. The van der Waals surface area contributed by atoms with E-state index in [9.17, 15) is 4.79 Å². The normalized spacial score (nSPS) is 43.3. The van der Waals surface area contributed by atoms with Gasteiger partial charge in [0.15, 0.2) is 5.78 Å². The fourth-order valence-electron chi connectivity index (χ4n) is 9.80. The number of carbonyl (C=O) groups excluding carboxylic acids is 1. The molecule has 5 heteroatoms. The Morgan fingerprint density at radius 3 is 2.77 bits per heavy atom. The predicted molar refractivity (Wildman–Crippen MR) is 157 cm³/mol. The Bertz CT molecular complexity index is 943. The van der Waals surface area contributed by atoms with Crippen LogP contribution >= 0.6 is 0 Å². The maximum atomic E-state index is 12.2. The van der Waals surface area contributed by atoms with E-state index in [4.69, 9.17) is 14.2 Å². The third-order valence-corrected chi connectivity index (χ3v) is 12.0. The third-order valence-electron chi connectivity index (χ3n) is 12.0. The van der Waals surface area contributed by atoms with Crippen LogP contribution in [-0.4, -0.2) is 68.4 Å². The lowest BCUT2D eigenvalue weighted by molar-refractivity contribution is -0.116. The number of ether oxygens (including phenoxy) is 3. The van der Waals surface area contributed by atoms with Crippen LogP contribution in [0.4, 0.5) is 0 Å². The van der Waals surface area contributed by atoms with Crippen LogP contribution in [0.5, 0.6) is 0 Å². The van der Waals surface area contributed by atoms with Crippen molar-refractivity contribution in [1.29, 1.82) is 0 Å². The quantitative estimate of drug-likeness (QED) is 0.230. The second kappa shape index (κ2) is 12.1. The van der Waals surface area contributed by atoms with E-state index < -0.39 is 0 Å². The number of piperidine rings is 1. The van der Waals surface area contributed by atoms with Gasteiger partial charge in [0.1, 0.15) is 0 Å². The molecule has 2 heterocycles. The van der Waals surface area contributed by atoms with E-state index in [1.807, 2.05) is 6.08 Å². The fraction of sp³-hybridized carbons (Fsp3) is 0.853. The van der Waals surface area contributed by atoms with Crippen LogP contribution in [0.1, 0.15) is 92.4 Å². The molecule has 0 aromatic heterocycles. The Kier molecular flexibility index (Phi) is 9.13. The van der Waals surface area contributed by atoms with E-state index in [0.29, 0.717) is 54.8 Å². The Morgan fingerprint density at radius 2 is 2.03 bits per heavy atom. The summed E-state index contributed by atoms with van der Waals surface area (Å²) in [6.07, 6.45) is 14.8. The molecule has 0 radical (unpaired) electrons. The van der Waals surface area contributed by atoms with Crippen molar-refractivity contribution in [2.45, 2.75) is 110 Å². The number of hydrogen-bond donors (Lipinski definition) is 0. The molecular formula is C34H55NO4. The highest BCUT2D eigenvalue weighted by Crippen LogP contribution is 2.62. The molecule has 0 amide bonds. The summed E-state index contributed by atoms with van der Waals surface area (Å²) in [5.74, 6) is 3.64. The lowest BCUT2D eigenvalue weighted by Gasteiger charge is -2.48. The van der Waals surface area contributed by atoms with Crippen LogP contribution in [0, 0.1) is 35.0 Å². The lowest BCUT2D eigenvalue weighted by Crippen LogP contribution is -2.52. The number of hydrogen-bond acceptors (Lipinski definition) is 5. The van der Waals surface area contributed by atoms with Gasteiger partial charge in [-0.2, -0.15) is 0 Å². The number of likely N-dealkylation sites (tertiary alicyclic amines) is 1. The first-order valence-corrected chi connectivity index (χ1v) is 16.1. The number of fused-ring (bicyclic) bond motifs is 4. The summed E-state index contributed by atoms with van der Waals surface area (Å²) in [6, 6.07) is 0.491. The van der Waals surface area contributed by atoms with Gasteiger partial charge < -0.3 is 14.2 Å². The monoisotopic (exact) mass is 541 g/mol.